The molecule has 0 saturated carbocycles. The number of hydrogen-bond donors (Lipinski definition) is 3. The zero-order valence-corrected chi connectivity index (χ0v) is 23.8. The van der Waals surface area contributed by atoms with Gasteiger partial charge in [-0.15, -0.1) is 0 Å². The number of fused-ring (bicyclic) bond motifs is 1. The summed E-state index contributed by atoms with van der Waals surface area (Å²) < 4.78 is 45.8. The van der Waals surface area contributed by atoms with E-state index in [0.29, 0.717) is 30.7 Å². The van der Waals surface area contributed by atoms with Crippen LogP contribution < -0.4 is 14.9 Å². The second-order valence-corrected chi connectivity index (χ2v) is 11.2. The van der Waals surface area contributed by atoms with Crippen molar-refractivity contribution in [3.8, 4) is 11.5 Å². The molecular formula is C29H35F2N5O5. The van der Waals surface area contributed by atoms with Crippen molar-refractivity contribution in [3.63, 3.8) is 0 Å². The Kier molecular flexibility index (Phi) is 7.80. The van der Waals surface area contributed by atoms with Crippen LogP contribution in [0.15, 0.2) is 30.7 Å². The van der Waals surface area contributed by atoms with E-state index in [1.54, 1.807) is 11.1 Å². The maximum Gasteiger partial charge on any atom is 0.410 e. The Morgan fingerprint density at radius 2 is 1.78 bits per heavy atom. The van der Waals surface area contributed by atoms with Crippen molar-refractivity contribution in [2.45, 2.75) is 51.4 Å². The average Bonchev–Trinajstić information content (AvgIpc) is 3.60. The number of nitrogens with one attached hydrogen (secondary N) is 2. The number of carbonyl (C=O) groups is 1. The number of ether oxygens (including phenoxy) is 3. The third-order valence-electron chi connectivity index (χ3n) is 7.37. The molecule has 2 aliphatic rings. The maximum atomic E-state index is 15.1. The lowest BCUT2D eigenvalue weighted by Crippen LogP contribution is -2.48. The molecule has 12 heteroatoms. The van der Waals surface area contributed by atoms with Gasteiger partial charge in [0.25, 0.3) is 0 Å². The van der Waals surface area contributed by atoms with Gasteiger partial charge in [0.15, 0.2) is 23.1 Å². The summed E-state index contributed by atoms with van der Waals surface area (Å²) in [6.45, 7) is 7.32. The number of amides is 1. The number of aliphatic hydroxyl groups is 1. The van der Waals surface area contributed by atoms with Gasteiger partial charge in [-0.1, -0.05) is 0 Å². The average molecular weight is 572 g/mol. The van der Waals surface area contributed by atoms with Crippen LogP contribution in [-0.2, 0) is 4.74 Å². The summed E-state index contributed by atoms with van der Waals surface area (Å²) >= 11 is 0. The largest absolute Gasteiger partial charge is 0.494 e. The number of aliphatic hydroxyl groups excluding tert-OH is 1. The van der Waals surface area contributed by atoms with Crippen LogP contribution in [-0.4, -0.2) is 76.6 Å². The molecule has 0 spiro atoms. The minimum absolute atomic E-state index is 0.196. The van der Waals surface area contributed by atoms with Crippen molar-refractivity contribution in [1.29, 1.82) is 0 Å². The Labute approximate surface area is 236 Å². The Balaban J connectivity index is 1.36. The van der Waals surface area contributed by atoms with Crippen LogP contribution in [0.1, 0.15) is 56.4 Å². The molecule has 5 rings (SSSR count). The van der Waals surface area contributed by atoms with E-state index in [-0.39, 0.29) is 29.2 Å². The van der Waals surface area contributed by atoms with Gasteiger partial charge in [-0.05, 0) is 50.8 Å². The Bertz CT molecular complexity index is 1450. The molecule has 41 heavy (non-hydrogen) atoms. The number of halogens is 2. The normalized spacial score (nSPS) is 17.1. The Hall–Kier alpha value is -3.90. The number of likely N-dealkylation sites (tertiary alicyclic amines) is 1. The van der Waals surface area contributed by atoms with Crippen LogP contribution in [0.2, 0.25) is 0 Å². The number of H-pyrrole nitrogens is 1. The van der Waals surface area contributed by atoms with Gasteiger partial charge in [0.05, 0.1) is 19.8 Å². The van der Waals surface area contributed by atoms with Gasteiger partial charge in [-0.3, -0.25) is 0 Å². The van der Waals surface area contributed by atoms with E-state index in [2.05, 4.69) is 20.4 Å². The fraction of sp³-hybridized carbons (Fsp3) is 0.448. The minimum Gasteiger partial charge on any atom is -0.494 e. The standard InChI is InChI=1S/C29H35F2N5O5/c1-29(2,3)41-28(38)35-8-6-18(7-9-35)36-15-17(13-34-36)16-10-19-20(14-33-27(19)32-12-16)26(37)23-24(30)21(39-4)11-22(40-5)25(23)31/h10-12,14-15,18,26,34,37H,6-9,13H2,1-5H3,(H,32,33). The molecule has 2 aromatic heterocycles. The van der Waals surface area contributed by atoms with Crippen LogP contribution in [0.3, 0.4) is 0 Å². The van der Waals surface area contributed by atoms with E-state index in [0.717, 1.165) is 30.0 Å². The number of pyridine rings is 1. The molecular weight excluding hydrogens is 536 g/mol. The minimum atomic E-state index is -1.65. The topological polar surface area (TPSA) is 112 Å². The number of aromatic nitrogens is 2. The second kappa shape index (κ2) is 11.2. The lowest BCUT2D eigenvalue weighted by Gasteiger charge is -2.37. The van der Waals surface area contributed by atoms with Crippen molar-refractivity contribution in [2.75, 3.05) is 33.9 Å². The number of rotatable bonds is 6. The van der Waals surface area contributed by atoms with E-state index in [4.69, 9.17) is 14.2 Å². The number of hydrazine groups is 1. The summed E-state index contributed by atoms with van der Waals surface area (Å²) in [5.74, 6) is -2.49. The third-order valence-corrected chi connectivity index (χ3v) is 7.37. The van der Waals surface area contributed by atoms with E-state index in [1.807, 2.05) is 33.0 Å². The first-order valence-electron chi connectivity index (χ1n) is 13.5. The van der Waals surface area contributed by atoms with Gasteiger partial charge in [-0.2, -0.15) is 0 Å². The van der Waals surface area contributed by atoms with E-state index < -0.39 is 28.9 Å². The molecule has 1 unspecified atom stereocenters. The summed E-state index contributed by atoms with van der Waals surface area (Å²) in [5, 5.41) is 13.8. The van der Waals surface area contributed by atoms with E-state index >= 15 is 8.78 Å². The fourth-order valence-electron chi connectivity index (χ4n) is 5.23. The summed E-state index contributed by atoms with van der Waals surface area (Å²) in [6, 6.07) is 3.14. The molecule has 1 atom stereocenters. The van der Waals surface area contributed by atoms with Crippen molar-refractivity contribution in [1.82, 2.24) is 25.3 Å². The van der Waals surface area contributed by atoms with Crippen molar-refractivity contribution >= 4 is 22.7 Å². The first kappa shape index (κ1) is 28.6. The molecule has 1 aromatic carbocycles. The molecule has 0 aliphatic carbocycles. The van der Waals surface area contributed by atoms with Gasteiger partial charge in [0, 0.05) is 61.3 Å². The van der Waals surface area contributed by atoms with Crippen molar-refractivity contribution in [3.05, 3.63) is 59.1 Å². The molecule has 10 nitrogen and oxygen atoms in total. The second-order valence-electron chi connectivity index (χ2n) is 11.2. The monoisotopic (exact) mass is 571 g/mol. The summed E-state index contributed by atoms with van der Waals surface area (Å²) in [5.41, 5.74) is 4.80. The number of benzene rings is 1. The predicted molar refractivity (Wildman–Crippen MR) is 148 cm³/mol. The van der Waals surface area contributed by atoms with Crippen LogP contribution in [0.5, 0.6) is 11.5 Å². The lowest BCUT2D eigenvalue weighted by atomic mass is 9.98. The van der Waals surface area contributed by atoms with Gasteiger partial charge in [-0.25, -0.2) is 24.0 Å². The molecule has 1 fully saturated rings. The number of aromatic amines is 1. The molecule has 2 aliphatic heterocycles. The quantitative estimate of drug-likeness (QED) is 0.397. The Morgan fingerprint density at radius 1 is 1.12 bits per heavy atom. The Morgan fingerprint density at radius 3 is 2.39 bits per heavy atom. The third kappa shape index (κ3) is 5.66. The first-order chi connectivity index (χ1) is 19.5. The van der Waals surface area contributed by atoms with Crippen LogP contribution in [0, 0.1) is 11.6 Å². The summed E-state index contributed by atoms with van der Waals surface area (Å²) in [6.07, 6.45) is 4.84. The molecule has 1 saturated heterocycles. The van der Waals surface area contributed by atoms with E-state index in [1.165, 1.54) is 20.4 Å². The highest BCUT2D eigenvalue weighted by molar-refractivity contribution is 5.85. The number of carbonyl (C=O) groups excluding carboxylic acids is 1. The number of piperidine rings is 1. The van der Waals surface area contributed by atoms with Crippen LogP contribution >= 0.6 is 0 Å². The summed E-state index contributed by atoms with van der Waals surface area (Å²) in [4.78, 5) is 21.6. The zero-order chi connectivity index (χ0) is 29.5. The molecule has 0 radical (unpaired) electrons. The number of hydrogen-bond acceptors (Lipinski definition) is 8. The summed E-state index contributed by atoms with van der Waals surface area (Å²) in [7, 11) is 2.51. The predicted octanol–water partition coefficient (Wildman–Crippen LogP) is 4.50. The maximum absolute atomic E-state index is 15.1. The van der Waals surface area contributed by atoms with Gasteiger partial charge in [0.1, 0.15) is 17.4 Å². The molecule has 3 N–H and O–H groups in total. The smallest absolute Gasteiger partial charge is 0.410 e. The fourth-order valence-corrected chi connectivity index (χ4v) is 5.23. The lowest BCUT2D eigenvalue weighted by molar-refractivity contribution is 0.0151. The molecule has 220 valence electrons. The zero-order valence-electron chi connectivity index (χ0n) is 23.8. The molecule has 0 bridgehead atoms. The molecule has 1 amide bonds. The van der Waals surface area contributed by atoms with Crippen molar-refractivity contribution in [2.24, 2.45) is 0 Å². The number of methoxy groups -OCH3 is 2. The highest BCUT2D eigenvalue weighted by Crippen LogP contribution is 2.39. The number of nitrogens with zero attached hydrogens (tertiary/aromatic N) is 3. The van der Waals surface area contributed by atoms with Gasteiger partial charge < -0.3 is 34.2 Å². The van der Waals surface area contributed by atoms with Crippen LogP contribution in [0.25, 0.3) is 16.6 Å². The highest BCUT2D eigenvalue weighted by atomic mass is 19.1. The SMILES string of the molecule is COc1cc(OC)c(F)c(C(O)c2c[nH]c3ncc(C4=CN(C5CCN(C(=O)OC(C)(C)C)CC5)NC4)cc23)c1F. The van der Waals surface area contributed by atoms with E-state index in [9.17, 15) is 9.90 Å². The van der Waals surface area contributed by atoms with Gasteiger partial charge in [0.2, 0.25) is 0 Å². The van der Waals surface area contributed by atoms with Gasteiger partial charge >= 0.3 is 6.09 Å². The van der Waals surface area contributed by atoms with Crippen LogP contribution in [0.4, 0.5) is 13.6 Å². The highest BCUT2D eigenvalue weighted by Gasteiger charge is 2.31. The molecule has 3 aromatic rings. The molecule has 4 heterocycles. The first-order valence-corrected chi connectivity index (χ1v) is 13.5. The van der Waals surface area contributed by atoms with Crippen molar-refractivity contribution < 1.29 is 32.9 Å².